The van der Waals surface area contributed by atoms with E-state index in [1.807, 2.05) is 48.3 Å². The molecular weight excluding hydrogens is 768 g/mol. The van der Waals surface area contributed by atoms with E-state index in [2.05, 4.69) is 26.0 Å². The fourth-order valence-electron chi connectivity index (χ4n) is 6.57. The molecule has 3 N–H and O–H groups in total. The number of rotatable bonds is 22. The number of hydrogen-bond acceptors (Lipinski definition) is 12. The average molecular weight is 827 g/mol. The molecule has 16 nitrogen and oxygen atoms in total. The van der Waals surface area contributed by atoms with Crippen LogP contribution in [0.3, 0.4) is 0 Å². The Kier molecular flexibility index (Phi) is 17.4. The molecule has 2 aliphatic carbocycles. The molecule has 3 amide bonds. The number of amides is 3. The van der Waals surface area contributed by atoms with Gasteiger partial charge in [0, 0.05) is 50.0 Å². The van der Waals surface area contributed by atoms with Crippen molar-refractivity contribution in [3.63, 3.8) is 0 Å². The zero-order chi connectivity index (χ0) is 41.3. The predicted octanol–water partition coefficient (Wildman–Crippen LogP) is 5.54. The van der Waals surface area contributed by atoms with E-state index in [1.165, 1.54) is 12.8 Å². The summed E-state index contributed by atoms with van der Waals surface area (Å²) in [5.74, 6) is 0.793. The van der Waals surface area contributed by atoms with Gasteiger partial charge in [0.2, 0.25) is 5.95 Å². The van der Waals surface area contributed by atoms with Crippen molar-refractivity contribution in [1.29, 1.82) is 0 Å². The van der Waals surface area contributed by atoms with Crippen molar-refractivity contribution in [2.75, 3.05) is 64.7 Å². The van der Waals surface area contributed by atoms with Crippen molar-refractivity contribution >= 4 is 35.6 Å². The first-order chi connectivity index (χ1) is 27.9. The summed E-state index contributed by atoms with van der Waals surface area (Å²) in [4.78, 5) is 48.7. The summed E-state index contributed by atoms with van der Waals surface area (Å²) in [6.07, 6.45) is 8.95. The second-order valence-electron chi connectivity index (χ2n) is 15.6. The van der Waals surface area contributed by atoms with E-state index in [-0.39, 0.29) is 25.2 Å². The molecule has 0 spiro atoms. The van der Waals surface area contributed by atoms with Gasteiger partial charge in [-0.2, -0.15) is 5.10 Å². The van der Waals surface area contributed by atoms with E-state index in [9.17, 15) is 14.4 Å². The Morgan fingerprint density at radius 2 is 1.53 bits per heavy atom. The van der Waals surface area contributed by atoms with Crippen LogP contribution in [0, 0.1) is 5.92 Å². The number of ether oxygens (including phenoxy) is 5. The molecule has 0 bridgehead atoms. The Labute approximate surface area is 346 Å². The molecule has 1 aromatic carbocycles. The van der Waals surface area contributed by atoms with Crippen LogP contribution in [-0.2, 0) is 48.5 Å². The maximum absolute atomic E-state index is 13.5. The summed E-state index contributed by atoms with van der Waals surface area (Å²) >= 11 is 6.60. The Morgan fingerprint density at radius 3 is 2.19 bits per heavy atom. The Hall–Kier alpha value is -4.51. The molecule has 0 atom stereocenters. The van der Waals surface area contributed by atoms with Gasteiger partial charge in [0.05, 0.1) is 62.8 Å². The number of aryl methyl sites for hydroxylation is 1. The molecule has 3 aromatic rings. The average Bonchev–Trinajstić information content (AvgIpc) is 3.95. The minimum absolute atomic E-state index is 0.0701. The Bertz CT molecular complexity index is 1750. The molecule has 0 unspecified atom stereocenters. The third-order valence-electron chi connectivity index (χ3n) is 9.69. The Morgan fingerprint density at radius 1 is 0.879 bits per heavy atom. The summed E-state index contributed by atoms with van der Waals surface area (Å²) in [7, 11) is 1.96. The zero-order valence-electron chi connectivity index (χ0n) is 34.2. The molecule has 2 saturated carbocycles. The number of carbonyl (C=O) groups excluding carboxylic acids is 3. The Balaban J connectivity index is 0.983. The van der Waals surface area contributed by atoms with Crippen molar-refractivity contribution in [2.45, 2.75) is 89.9 Å². The minimum atomic E-state index is -0.544. The van der Waals surface area contributed by atoms with E-state index >= 15 is 0 Å². The highest BCUT2D eigenvalue weighted by molar-refractivity contribution is 6.33. The van der Waals surface area contributed by atoms with Gasteiger partial charge in [0.25, 0.3) is 5.91 Å². The van der Waals surface area contributed by atoms with Gasteiger partial charge in [-0.15, -0.1) is 0 Å². The molecule has 0 radical (unpaired) electrons. The molecule has 58 heavy (non-hydrogen) atoms. The number of halogens is 1. The molecule has 0 aliphatic heterocycles. The van der Waals surface area contributed by atoms with Crippen LogP contribution in [-0.4, -0.2) is 120 Å². The molecule has 5 rings (SSSR count). The van der Waals surface area contributed by atoms with Gasteiger partial charge in [-0.3, -0.25) is 9.48 Å². The summed E-state index contributed by atoms with van der Waals surface area (Å²) in [6.45, 7) is 8.07. The second-order valence-corrected chi connectivity index (χ2v) is 16.0. The van der Waals surface area contributed by atoms with Crippen LogP contribution >= 0.6 is 11.6 Å². The van der Waals surface area contributed by atoms with Crippen LogP contribution < -0.4 is 16.0 Å². The van der Waals surface area contributed by atoms with Gasteiger partial charge < -0.3 is 44.5 Å². The molecule has 0 saturated heterocycles. The molecule has 2 aliphatic rings. The number of carbonyl (C=O) groups is 3. The molecule has 2 aromatic heterocycles. The SMILES string of the molecule is Cn1ncc(-c2nc(NC3CCC(N(Cc4ccccc4)C(=O)OCC(=O)NCCOCCOCCOCCNC(=O)OC(C)(C)C)CC3)ncc2Cl)c1CC1CC1. The van der Waals surface area contributed by atoms with Crippen molar-refractivity contribution in [2.24, 2.45) is 13.0 Å². The summed E-state index contributed by atoms with van der Waals surface area (Å²) < 4.78 is 29.0. The number of alkyl carbamates (subject to hydrolysis) is 1. The number of hydrogen-bond donors (Lipinski definition) is 3. The first kappa shape index (κ1) is 44.6. The highest BCUT2D eigenvalue weighted by atomic mass is 35.5. The lowest BCUT2D eigenvalue weighted by atomic mass is 9.90. The first-order valence-corrected chi connectivity index (χ1v) is 20.6. The second kappa shape index (κ2) is 22.6. The molecule has 2 heterocycles. The quantitative estimate of drug-likeness (QED) is 0.108. The monoisotopic (exact) mass is 826 g/mol. The maximum atomic E-state index is 13.5. The highest BCUT2D eigenvalue weighted by Crippen LogP contribution is 2.37. The van der Waals surface area contributed by atoms with Crippen LogP contribution in [0.25, 0.3) is 11.3 Å². The van der Waals surface area contributed by atoms with Crippen LogP contribution in [0.1, 0.15) is 70.6 Å². The van der Waals surface area contributed by atoms with Crippen molar-refractivity contribution in [3.8, 4) is 11.3 Å². The topological polar surface area (TPSA) is 180 Å². The van der Waals surface area contributed by atoms with Gasteiger partial charge in [0.1, 0.15) is 5.60 Å². The largest absolute Gasteiger partial charge is 0.444 e. The third-order valence-corrected chi connectivity index (χ3v) is 9.97. The van der Waals surface area contributed by atoms with Crippen LogP contribution in [0.2, 0.25) is 5.02 Å². The third kappa shape index (κ3) is 15.3. The number of benzene rings is 1. The van der Waals surface area contributed by atoms with Gasteiger partial charge in [-0.1, -0.05) is 41.9 Å². The van der Waals surface area contributed by atoms with Gasteiger partial charge >= 0.3 is 12.2 Å². The fraction of sp³-hybridized carbons (Fsp3) is 0.610. The van der Waals surface area contributed by atoms with E-state index in [1.54, 1.807) is 31.9 Å². The smallest absolute Gasteiger partial charge is 0.410 e. The van der Waals surface area contributed by atoms with E-state index < -0.39 is 30.3 Å². The minimum Gasteiger partial charge on any atom is -0.444 e. The van der Waals surface area contributed by atoms with Crippen molar-refractivity contribution in [1.82, 2.24) is 35.3 Å². The number of nitrogens with zero attached hydrogens (tertiary/aromatic N) is 5. The lowest BCUT2D eigenvalue weighted by Gasteiger charge is -2.36. The standard InChI is InChI=1S/C41H59ClN8O8/c1-41(2,3)58-39(52)44-17-19-55-21-23-56-22-20-54-18-16-43-36(51)28-57-40(53)50(27-30-8-6-5-7-9-30)32-14-12-31(13-15-32)47-38-45-26-34(42)37(48-38)33-25-46-49(4)35(33)24-29-10-11-29/h5-9,25-26,29,31-32H,10-24,27-28H2,1-4H3,(H,43,51)(H,44,52)(H,45,47,48). The number of anilines is 1. The van der Waals surface area contributed by atoms with Crippen LogP contribution in [0.4, 0.5) is 15.5 Å². The first-order valence-electron chi connectivity index (χ1n) is 20.2. The summed E-state index contributed by atoms with van der Waals surface area (Å²) in [6, 6.07) is 9.80. The number of nitrogens with one attached hydrogen (secondary N) is 3. The van der Waals surface area contributed by atoms with Crippen molar-refractivity contribution in [3.05, 3.63) is 59.0 Å². The summed E-state index contributed by atoms with van der Waals surface area (Å²) in [5.41, 5.74) is 3.18. The molecule has 318 valence electrons. The van der Waals surface area contributed by atoms with Gasteiger partial charge in [-0.05, 0) is 77.2 Å². The van der Waals surface area contributed by atoms with Crippen LogP contribution in [0.5, 0.6) is 0 Å². The highest BCUT2D eigenvalue weighted by Gasteiger charge is 2.31. The normalized spacial score (nSPS) is 16.7. The van der Waals surface area contributed by atoms with Crippen LogP contribution in [0.15, 0.2) is 42.7 Å². The van der Waals surface area contributed by atoms with E-state index in [4.69, 9.17) is 40.3 Å². The van der Waals surface area contributed by atoms with Gasteiger partial charge in [-0.25, -0.2) is 19.6 Å². The molecular formula is C41H59ClN8O8. The summed E-state index contributed by atoms with van der Waals surface area (Å²) in [5, 5.41) is 13.8. The lowest BCUT2D eigenvalue weighted by Crippen LogP contribution is -2.44. The molecule has 17 heteroatoms. The number of aromatic nitrogens is 4. The maximum Gasteiger partial charge on any atom is 0.410 e. The fourth-order valence-corrected chi connectivity index (χ4v) is 6.76. The van der Waals surface area contributed by atoms with Crippen molar-refractivity contribution < 1.29 is 38.1 Å². The van der Waals surface area contributed by atoms with Gasteiger partial charge in [0.15, 0.2) is 6.61 Å². The zero-order valence-corrected chi connectivity index (χ0v) is 34.9. The lowest BCUT2D eigenvalue weighted by molar-refractivity contribution is -0.124. The predicted molar refractivity (Wildman–Crippen MR) is 218 cm³/mol. The van der Waals surface area contributed by atoms with E-state index in [0.29, 0.717) is 68.7 Å². The van der Waals surface area contributed by atoms with E-state index in [0.717, 1.165) is 48.9 Å². The molecule has 2 fully saturated rings.